The highest BCUT2D eigenvalue weighted by molar-refractivity contribution is 5.37. The van der Waals surface area contributed by atoms with E-state index >= 15 is 0 Å². The maximum absolute atomic E-state index is 5.53. The number of fused-ring (bicyclic) bond motifs is 1. The Balaban J connectivity index is 1.56. The van der Waals surface area contributed by atoms with Gasteiger partial charge in [-0.15, -0.1) is 0 Å². The fourth-order valence-electron chi connectivity index (χ4n) is 3.68. The van der Waals surface area contributed by atoms with E-state index in [0.717, 1.165) is 13.2 Å². The molecule has 2 heteroatoms. The molecule has 3 atom stereocenters. The van der Waals surface area contributed by atoms with Crippen LogP contribution in [0.2, 0.25) is 0 Å². The van der Waals surface area contributed by atoms with E-state index < -0.39 is 0 Å². The summed E-state index contributed by atoms with van der Waals surface area (Å²) in [6.07, 6.45) is 1.28. The molecule has 1 N–H and O–H groups in total. The second-order valence-electron chi connectivity index (χ2n) is 6.20. The molecular formula is C19H21NO. The van der Waals surface area contributed by atoms with Gasteiger partial charge in [0.1, 0.15) is 0 Å². The van der Waals surface area contributed by atoms with Crippen LogP contribution in [0.1, 0.15) is 40.6 Å². The molecule has 108 valence electrons. The van der Waals surface area contributed by atoms with Crippen LogP contribution in [-0.4, -0.2) is 7.05 Å². The lowest BCUT2D eigenvalue weighted by molar-refractivity contribution is 0.134. The highest BCUT2D eigenvalue weighted by atomic mass is 16.5. The van der Waals surface area contributed by atoms with Gasteiger partial charge < -0.3 is 10.1 Å². The van der Waals surface area contributed by atoms with Gasteiger partial charge in [0, 0.05) is 6.04 Å². The quantitative estimate of drug-likeness (QED) is 0.919. The molecule has 0 radical (unpaired) electrons. The van der Waals surface area contributed by atoms with E-state index in [-0.39, 0.29) is 0 Å². The molecule has 0 amide bonds. The highest BCUT2D eigenvalue weighted by Gasteiger charge is 2.43. The Morgan fingerprint density at radius 3 is 2.67 bits per heavy atom. The fraction of sp³-hybridized carbons (Fsp3) is 0.368. The summed E-state index contributed by atoms with van der Waals surface area (Å²) < 4.78 is 5.53. The van der Waals surface area contributed by atoms with Crippen LogP contribution in [0.25, 0.3) is 0 Å². The molecule has 2 aromatic rings. The molecule has 2 aliphatic rings. The predicted octanol–water partition coefficient (Wildman–Crippen LogP) is 3.78. The average molecular weight is 279 g/mol. The third-order valence-corrected chi connectivity index (χ3v) is 4.91. The Kier molecular flexibility index (Phi) is 3.28. The van der Waals surface area contributed by atoms with Crippen molar-refractivity contribution in [1.82, 2.24) is 5.32 Å². The van der Waals surface area contributed by atoms with Gasteiger partial charge in [-0.3, -0.25) is 0 Å². The SMILES string of the molecule is CNC(c1ccc2c(c1)COC2)C1CC1c1ccccc1. The van der Waals surface area contributed by atoms with Gasteiger partial charge >= 0.3 is 0 Å². The Morgan fingerprint density at radius 1 is 1.05 bits per heavy atom. The summed E-state index contributed by atoms with van der Waals surface area (Å²) >= 11 is 0. The van der Waals surface area contributed by atoms with Gasteiger partial charge in [-0.2, -0.15) is 0 Å². The number of ether oxygens (including phenoxy) is 1. The lowest BCUT2D eigenvalue weighted by Gasteiger charge is -2.18. The fourth-order valence-corrected chi connectivity index (χ4v) is 3.68. The van der Waals surface area contributed by atoms with Crippen molar-refractivity contribution in [3.8, 4) is 0 Å². The summed E-state index contributed by atoms with van der Waals surface area (Å²) in [6, 6.07) is 18.2. The summed E-state index contributed by atoms with van der Waals surface area (Å²) in [5.74, 6) is 1.41. The normalized spacial score (nSPS) is 24.6. The van der Waals surface area contributed by atoms with Crippen LogP contribution in [0.5, 0.6) is 0 Å². The molecule has 3 unspecified atom stereocenters. The summed E-state index contributed by atoms with van der Waals surface area (Å²) in [6.45, 7) is 1.54. The maximum Gasteiger partial charge on any atom is 0.0725 e. The van der Waals surface area contributed by atoms with Gasteiger partial charge in [0.25, 0.3) is 0 Å². The molecule has 1 fully saturated rings. The maximum atomic E-state index is 5.53. The van der Waals surface area contributed by atoms with Crippen LogP contribution in [0.4, 0.5) is 0 Å². The van der Waals surface area contributed by atoms with Crippen LogP contribution in [0, 0.1) is 5.92 Å². The van der Waals surface area contributed by atoms with Crippen LogP contribution in [0.15, 0.2) is 48.5 Å². The molecule has 1 saturated carbocycles. The minimum Gasteiger partial charge on any atom is -0.372 e. The summed E-state index contributed by atoms with van der Waals surface area (Å²) in [5.41, 5.74) is 5.60. The first kappa shape index (κ1) is 13.1. The Hall–Kier alpha value is -1.64. The Labute approximate surface area is 126 Å². The number of nitrogens with one attached hydrogen (secondary N) is 1. The van der Waals surface area contributed by atoms with Crippen LogP contribution in [-0.2, 0) is 18.0 Å². The van der Waals surface area contributed by atoms with Crippen molar-refractivity contribution in [3.63, 3.8) is 0 Å². The first-order valence-corrected chi connectivity index (χ1v) is 7.78. The highest BCUT2D eigenvalue weighted by Crippen LogP contribution is 2.54. The lowest BCUT2D eigenvalue weighted by Crippen LogP contribution is -2.19. The van der Waals surface area contributed by atoms with E-state index in [2.05, 4.69) is 60.9 Å². The van der Waals surface area contributed by atoms with E-state index in [4.69, 9.17) is 4.74 Å². The van der Waals surface area contributed by atoms with Gasteiger partial charge in [-0.25, -0.2) is 0 Å². The van der Waals surface area contributed by atoms with E-state index in [1.807, 2.05) is 0 Å². The van der Waals surface area contributed by atoms with E-state index in [0.29, 0.717) is 17.9 Å². The number of rotatable bonds is 4. The zero-order valence-electron chi connectivity index (χ0n) is 12.4. The zero-order chi connectivity index (χ0) is 14.2. The van der Waals surface area contributed by atoms with Crippen molar-refractivity contribution in [3.05, 3.63) is 70.8 Å². The second kappa shape index (κ2) is 5.28. The molecule has 1 aliphatic carbocycles. The van der Waals surface area contributed by atoms with Crippen LogP contribution in [0.3, 0.4) is 0 Å². The average Bonchev–Trinajstić information content (AvgIpc) is 3.17. The molecule has 1 aliphatic heterocycles. The van der Waals surface area contributed by atoms with Crippen molar-refractivity contribution in [2.75, 3.05) is 7.05 Å². The molecule has 0 saturated heterocycles. The number of benzene rings is 2. The van der Waals surface area contributed by atoms with Gasteiger partial charge in [0.05, 0.1) is 13.2 Å². The van der Waals surface area contributed by atoms with Gasteiger partial charge in [0.2, 0.25) is 0 Å². The van der Waals surface area contributed by atoms with Crippen molar-refractivity contribution >= 4 is 0 Å². The van der Waals surface area contributed by atoms with E-state index in [1.165, 1.54) is 28.7 Å². The van der Waals surface area contributed by atoms with Crippen molar-refractivity contribution in [2.45, 2.75) is 31.6 Å². The largest absolute Gasteiger partial charge is 0.372 e. The van der Waals surface area contributed by atoms with Crippen molar-refractivity contribution < 1.29 is 4.74 Å². The van der Waals surface area contributed by atoms with Crippen molar-refractivity contribution in [1.29, 1.82) is 0 Å². The molecule has 1 heterocycles. The molecule has 21 heavy (non-hydrogen) atoms. The first-order valence-electron chi connectivity index (χ1n) is 7.78. The van der Waals surface area contributed by atoms with Crippen LogP contribution < -0.4 is 5.32 Å². The third-order valence-electron chi connectivity index (χ3n) is 4.91. The predicted molar refractivity (Wildman–Crippen MR) is 84.0 cm³/mol. The van der Waals surface area contributed by atoms with Crippen molar-refractivity contribution in [2.24, 2.45) is 5.92 Å². The van der Waals surface area contributed by atoms with Crippen LogP contribution >= 0.6 is 0 Å². The standard InChI is InChI=1S/C19H21NO/c1-20-19(14-7-8-15-11-21-12-16(15)9-14)18-10-17(18)13-5-3-2-4-6-13/h2-9,17-20H,10-12H2,1H3. The molecular weight excluding hydrogens is 258 g/mol. The topological polar surface area (TPSA) is 21.3 Å². The smallest absolute Gasteiger partial charge is 0.0725 e. The molecule has 2 nitrogen and oxygen atoms in total. The molecule has 4 rings (SSSR count). The van der Waals surface area contributed by atoms with Gasteiger partial charge in [0.15, 0.2) is 0 Å². The lowest BCUT2D eigenvalue weighted by atomic mass is 9.96. The zero-order valence-corrected chi connectivity index (χ0v) is 12.4. The summed E-state index contributed by atoms with van der Waals surface area (Å²) in [4.78, 5) is 0. The molecule has 0 aromatic heterocycles. The minimum absolute atomic E-state index is 0.445. The van der Waals surface area contributed by atoms with E-state index in [1.54, 1.807) is 0 Å². The van der Waals surface area contributed by atoms with Gasteiger partial charge in [-0.05, 0) is 47.6 Å². The third kappa shape index (κ3) is 2.39. The number of hydrogen-bond donors (Lipinski definition) is 1. The number of hydrogen-bond acceptors (Lipinski definition) is 2. The summed E-state index contributed by atoms with van der Waals surface area (Å²) in [7, 11) is 2.08. The van der Waals surface area contributed by atoms with Gasteiger partial charge in [-0.1, -0.05) is 48.5 Å². The molecule has 2 aromatic carbocycles. The Bertz CT molecular complexity index is 637. The summed E-state index contributed by atoms with van der Waals surface area (Å²) in [5, 5.41) is 3.53. The Morgan fingerprint density at radius 2 is 1.86 bits per heavy atom. The molecule has 0 spiro atoms. The molecule has 0 bridgehead atoms. The van der Waals surface area contributed by atoms with E-state index in [9.17, 15) is 0 Å². The first-order chi connectivity index (χ1) is 10.4. The minimum atomic E-state index is 0.445. The monoisotopic (exact) mass is 279 g/mol. The second-order valence-corrected chi connectivity index (χ2v) is 6.20.